The maximum atomic E-state index is 10.1. The molecule has 0 aromatic heterocycles. The molecule has 0 heterocycles. The van der Waals surface area contributed by atoms with E-state index in [0.717, 1.165) is 0 Å². The Bertz CT molecular complexity index is 110. The zero-order chi connectivity index (χ0) is 7.11. The molecule has 9 heavy (non-hydrogen) atoms. The molecule has 0 aliphatic rings. The smallest absolute Gasteiger partial charge is 0.321 e. The van der Waals surface area contributed by atoms with Crippen LogP contribution in [0.4, 0.5) is 0 Å². The number of rotatable bonds is 3. The summed E-state index contributed by atoms with van der Waals surface area (Å²) in [6.07, 6.45) is 3.72. The van der Waals surface area contributed by atoms with Crippen molar-refractivity contribution >= 4 is 5.97 Å². The number of hydrogen-bond donors (Lipinski definition) is 1. The number of carbonyl (C=O) groups excluding carboxylic acids is 1. The van der Waals surface area contributed by atoms with Crippen LogP contribution in [-0.2, 0) is 9.63 Å². The molecule has 0 aromatic carbocycles. The molecule has 3 nitrogen and oxygen atoms in total. The first kappa shape index (κ1) is 8.17. The summed E-state index contributed by atoms with van der Waals surface area (Å²) in [7, 11) is 0. The molecule has 0 aliphatic carbocycles. The van der Waals surface area contributed by atoms with Crippen LogP contribution in [0.15, 0.2) is 12.2 Å². The highest BCUT2D eigenvalue weighted by Gasteiger charge is 1.86. The van der Waals surface area contributed by atoms with Crippen molar-refractivity contribution in [1.82, 2.24) is 5.48 Å². The molecule has 0 atom stereocenters. The van der Waals surface area contributed by atoms with Gasteiger partial charge >= 0.3 is 5.97 Å². The Kier molecular flexibility index (Phi) is 4.82. The van der Waals surface area contributed by atoms with Crippen LogP contribution in [0.3, 0.4) is 0 Å². The van der Waals surface area contributed by atoms with Crippen molar-refractivity contribution in [3.63, 3.8) is 0 Å². The molecule has 0 bridgehead atoms. The second-order valence-corrected chi connectivity index (χ2v) is 1.51. The second-order valence-electron chi connectivity index (χ2n) is 1.51. The lowest BCUT2D eigenvalue weighted by atomic mass is 10.5. The normalized spacial score (nSPS) is 10.0. The Balaban J connectivity index is 3.01. The summed E-state index contributed by atoms with van der Waals surface area (Å²) in [6.45, 7) is 3.81. The molecule has 1 N–H and O–H groups in total. The van der Waals surface area contributed by atoms with E-state index in [1.807, 2.05) is 19.1 Å². The van der Waals surface area contributed by atoms with Gasteiger partial charge in [-0.15, -0.1) is 5.48 Å². The molecule has 0 radical (unpaired) electrons. The first-order valence-electron chi connectivity index (χ1n) is 2.78. The zero-order valence-corrected chi connectivity index (χ0v) is 5.68. The van der Waals surface area contributed by atoms with Gasteiger partial charge in [0.15, 0.2) is 0 Å². The summed E-state index contributed by atoms with van der Waals surface area (Å²) in [5.74, 6) is -0.320. The van der Waals surface area contributed by atoms with E-state index in [-0.39, 0.29) is 5.97 Å². The summed E-state index contributed by atoms with van der Waals surface area (Å²) in [6, 6.07) is 0. The van der Waals surface area contributed by atoms with Crippen LogP contribution < -0.4 is 5.48 Å². The molecule has 3 heteroatoms. The number of hydroxylamine groups is 1. The van der Waals surface area contributed by atoms with Gasteiger partial charge in [-0.2, -0.15) is 0 Å². The molecule has 0 rings (SSSR count). The van der Waals surface area contributed by atoms with Crippen LogP contribution in [0.2, 0.25) is 0 Å². The number of carbonyl (C=O) groups is 1. The molecule has 0 spiro atoms. The van der Waals surface area contributed by atoms with Gasteiger partial charge < -0.3 is 4.84 Å². The maximum Gasteiger partial charge on any atom is 0.321 e. The highest BCUT2D eigenvalue weighted by atomic mass is 16.7. The van der Waals surface area contributed by atoms with Gasteiger partial charge in [0.05, 0.1) is 0 Å². The summed E-state index contributed by atoms with van der Waals surface area (Å²) < 4.78 is 0. The molecule has 0 fully saturated rings. The van der Waals surface area contributed by atoms with Crippen molar-refractivity contribution in [3.8, 4) is 0 Å². The van der Waals surface area contributed by atoms with Gasteiger partial charge in [0.2, 0.25) is 0 Å². The number of nitrogens with one attached hydrogen (secondary N) is 1. The lowest BCUT2D eigenvalue weighted by Crippen LogP contribution is -2.17. The third-order valence-electron chi connectivity index (χ3n) is 0.653. The van der Waals surface area contributed by atoms with E-state index >= 15 is 0 Å². The molecule has 0 aliphatic heterocycles. The molecule has 0 amide bonds. The first-order valence-corrected chi connectivity index (χ1v) is 2.78. The average Bonchev–Trinajstić information content (AvgIpc) is 1.80. The Morgan fingerprint density at radius 3 is 2.89 bits per heavy atom. The standard InChI is InChI=1S/C6H11NO2/c1-3-4-5-7-9-6(2)8/h3-4,7H,5H2,1-2H3. The minimum absolute atomic E-state index is 0.320. The number of hydrogen-bond acceptors (Lipinski definition) is 3. The van der Waals surface area contributed by atoms with Crippen LogP contribution in [-0.4, -0.2) is 12.5 Å². The summed E-state index contributed by atoms with van der Waals surface area (Å²) >= 11 is 0. The SMILES string of the molecule is CC=CCNOC(C)=O. The van der Waals surface area contributed by atoms with Gasteiger partial charge in [0.1, 0.15) is 0 Å². The van der Waals surface area contributed by atoms with E-state index in [1.165, 1.54) is 6.92 Å². The quantitative estimate of drug-likeness (QED) is 0.345. The van der Waals surface area contributed by atoms with Gasteiger partial charge in [-0.3, -0.25) is 4.79 Å². The molecule has 0 unspecified atom stereocenters. The van der Waals surface area contributed by atoms with Crippen LogP contribution in [0, 0.1) is 0 Å². The fourth-order valence-corrected chi connectivity index (χ4v) is 0.309. The Labute approximate surface area is 54.7 Å². The zero-order valence-electron chi connectivity index (χ0n) is 5.68. The molecular weight excluding hydrogens is 118 g/mol. The van der Waals surface area contributed by atoms with Crippen molar-refractivity contribution in [2.24, 2.45) is 0 Å². The predicted octanol–water partition coefficient (Wildman–Crippen LogP) is 0.630. The minimum atomic E-state index is -0.320. The number of allylic oxidation sites excluding steroid dienone is 1. The molecule has 0 aromatic rings. The lowest BCUT2D eigenvalue weighted by molar-refractivity contribution is -0.147. The van der Waals surface area contributed by atoms with E-state index in [1.54, 1.807) is 0 Å². The molecule has 52 valence electrons. The third-order valence-corrected chi connectivity index (χ3v) is 0.653. The lowest BCUT2D eigenvalue weighted by Gasteiger charge is -1.96. The fourth-order valence-electron chi connectivity index (χ4n) is 0.309. The van der Waals surface area contributed by atoms with Crippen LogP contribution in [0.25, 0.3) is 0 Å². The van der Waals surface area contributed by atoms with Crippen molar-refractivity contribution in [2.75, 3.05) is 6.54 Å². The van der Waals surface area contributed by atoms with E-state index in [9.17, 15) is 4.79 Å². The van der Waals surface area contributed by atoms with Gasteiger partial charge in [0, 0.05) is 13.5 Å². The Morgan fingerprint density at radius 2 is 2.44 bits per heavy atom. The van der Waals surface area contributed by atoms with Crippen molar-refractivity contribution in [3.05, 3.63) is 12.2 Å². The van der Waals surface area contributed by atoms with Gasteiger partial charge in [-0.1, -0.05) is 12.2 Å². The van der Waals surface area contributed by atoms with Crippen LogP contribution >= 0.6 is 0 Å². The van der Waals surface area contributed by atoms with Gasteiger partial charge in [-0.25, -0.2) is 0 Å². The van der Waals surface area contributed by atoms with E-state index in [4.69, 9.17) is 0 Å². The van der Waals surface area contributed by atoms with E-state index in [0.29, 0.717) is 6.54 Å². The van der Waals surface area contributed by atoms with E-state index in [2.05, 4.69) is 10.3 Å². The van der Waals surface area contributed by atoms with Crippen molar-refractivity contribution < 1.29 is 9.63 Å². The Hall–Kier alpha value is -0.830. The summed E-state index contributed by atoms with van der Waals surface area (Å²) in [4.78, 5) is 14.5. The van der Waals surface area contributed by atoms with Gasteiger partial charge in [-0.05, 0) is 6.92 Å². The molecule has 0 saturated carbocycles. The Morgan fingerprint density at radius 1 is 1.78 bits per heavy atom. The molecular formula is C6H11NO2. The highest BCUT2D eigenvalue weighted by molar-refractivity contribution is 5.65. The largest absolute Gasteiger partial charge is 0.371 e. The van der Waals surface area contributed by atoms with Crippen molar-refractivity contribution in [2.45, 2.75) is 13.8 Å². The molecule has 0 saturated heterocycles. The minimum Gasteiger partial charge on any atom is -0.371 e. The predicted molar refractivity (Wildman–Crippen MR) is 34.6 cm³/mol. The first-order chi connectivity index (χ1) is 4.27. The van der Waals surface area contributed by atoms with E-state index < -0.39 is 0 Å². The highest BCUT2D eigenvalue weighted by Crippen LogP contribution is 1.70. The van der Waals surface area contributed by atoms with Crippen LogP contribution in [0.1, 0.15) is 13.8 Å². The topological polar surface area (TPSA) is 38.3 Å². The fraction of sp³-hybridized carbons (Fsp3) is 0.500. The van der Waals surface area contributed by atoms with Crippen LogP contribution in [0.5, 0.6) is 0 Å². The summed E-state index contributed by atoms with van der Waals surface area (Å²) in [5.41, 5.74) is 2.45. The maximum absolute atomic E-state index is 10.1. The second kappa shape index (κ2) is 5.31. The summed E-state index contributed by atoms with van der Waals surface area (Å²) in [5, 5.41) is 0. The third kappa shape index (κ3) is 7.17. The monoisotopic (exact) mass is 129 g/mol. The average molecular weight is 129 g/mol. The van der Waals surface area contributed by atoms with Crippen molar-refractivity contribution in [1.29, 1.82) is 0 Å². The van der Waals surface area contributed by atoms with Gasteiger partial charge in [0.25, 0.3) is 0 Å².